The molecule has 0 saturated heterocycles. The molecule has 0 aliphatic carbocycles. The summed E-state index contributed by atoms with van der Waals surface area (Å²) in [4.78, 5) is 15.6. The highest BCUT2D eigenvalue weighted by Gasteiger charge is 2.15. The molecule has 4 N–H and O–H groups in total. The van der Waals surface area contributed by atoms with E-state index in [0.29, 0.717) is 35.2 Å². The van der Waals surface area contributed by atoms with Crippen molar-refractivity contribution in [2.45, 2.75) is 26.6 Å². The van der Waals surface area contributed by atoms with Crippen LogP contribution in [0.5, 0.6) is 5.75 Å². The summed E-state index contributed by atoms with van der Waals surface area (Å²) < 4.78 is 29.9. The maximum Gasteiger partial charge on any atom is 0.387 e. The van der Waals surface area contributed by atoms with Crippen LogP contribution in [0.4, 0.5) is 8.78 Å². The second kappa shape index (κ2) is 10.8. The Kier molecular flexibility index (Phi) is 8.48. The number of ether oxygens (including phenoxy) is 1. The van der Waals surface area contributed by atoms with E-state index in [1.165, 1.54) is 12.1 Å². The van der Waals surface area contributed by atoms with Crippen molar-refractivity contribution in [3.8, 4) is 5.75 Å². The van der Waals surface area contributed by atoms with Gasteiger partial charge in [-0.1, -0.05) is 35.3 Å². The van der Waals surface area contributed by atoms with Crippen molar-refractivity contribution in [1.82, 2.24) is 10.6 Å². The molecule has 10 heteroatoms. The Morgan fingerprint density at radius 2 is 1.90 bits per heavy atom. The Hall–Kier alpha value is -2.58. The van der Waals surface area contributed by atoms with Gasteiger partial charge in [0.25, 0.3) is 0 Å². The molecule has 0 bridgehead atoms. The van der Waals surface area contributed by atoms with Crippen LogP contribution in [-0.4, -0.2) is 25.0 Å². The van der Waals surface area contributed by atoms with Gasteiger partial charge in [0.1, 0.15) is 5.75 Å². The summed E-state index contributed by atoms with van der Waals surface area (Å²) in [6.07, 6.45) is 0. The van der Waals surface area contributed by atoms with E-state index in [1.54, 1.807) is 24.3 Å². The number of hydrogen-bond acceptors (Lipinski definition) is 3. The largest absolute Gasteiger partial charge is 0.433 e. The number of nitrogens with one attached hydrogen (secondary N) is 2. The maximum atomic E-state index is 12.7. The summed E-state index contributed by atoms with van der Waals surface area (Å²) in [6, 6.07) is 9.56. The van der Waals surface area contributed by atoms with E-state index < -0.39 is 12.5 Å². The number of hydrogen-bond donors (Lipinski definition) is 3. The maximum absolute atomic E-state index is 12.7. The molecule has 156 valence electrons. The van der Waals surface area contributed by atoms with Crippen molar-refractivity contribution in [2.24, 2.45) is 10.7 Å². The summed E-state index contributed by atoms with van der Waals surface area (Å²) in [5, 5.41) is 6.37. The number of aliphatic imine (C=N–C) groups is 1. The average Bonchev–Trinajstić information content (AvgIpc) is 2.66. The van der Waals surface area contributed by atoms with Crippen LogP contribution in [0.1, 0.15) is 28.4 Å². The molecule has 0 spiro atoms. The van der Waals surface area contributed by atoms with Gasteiger partial charge in [-0.15, -0.1) is 0 Å². The van der Waals surface area contributed by atoms with Crippen molar-refractivity contribution in [2.75, 3.05) is 6.54 Å². The molecule has 2 aromatic carbocycles. The Bertz CT molecular complexity index is 877. The van der Waals surface area contributed by atoms with Gasteiger partial charge >= 0.3 is 6.61 Å². The summed E-state index contributed by atoms with van der Waals surface area (Å²) in [5.41, 5.74) is 6.85. The van der Waals surface area contributed by atoms with E-state index in [-0.39, 0.29) is 17.3 Å². The predicted octanol–water partition coefficient (Wildman–Crippen LogP) is 3.95. The number of primary amides is 1. The van der Waals surface area contributed by atoms with Gasteiger partial charge in [-0.25, -0.2) is 4.99 Å². The third-order valence-electron chi connectivity index (χ3n) is 3.74. The minimum atomic E-state index is -3.02. The van der Waals surface area contributed by atoms with Crippen molar-refractivity contribution in [3.63, 3.8) is 0 Å². The molecule has 0 fully saturated rings. The van der Waals surface area contributed by atoms with Crippen molar-refractivity contribution in [1.29, 1.82) is 0 Å². The Morgan fingerprint density at radius 1 is 1.21 bits per heavy atom. The lowest BCUT2D eigenvalue weighted by Gasteiger charge is -2.16. The first-order valence-corrected chi connectivity index (χ1v) is 9.39. The third-order valence-corrected chi connectivity index (χ3v) is 4.24. The van der Waals surface area contributed by atoms with E-state index in [0.717, 1.165) is 5.56 Å². The highest BCUT2D eigenvalue weighted by atomic mass is 35.5. The minimum absolute atomic E-state index is 0.00826. The van der Waals surface area contributed by atoms with Gasteiger partial charge in [0.05, 0.1) is 11.6 Å². The van der Waals surface area contributed by atoms with Crippen LogP contribution in [-0.2, 0) is 13.1 Å². The molecule has 0 atom stereocenters. The molecule has 1 amide bonds. The van der Waals surface area contributed by atoms with Gasteiger partial charge in [0, 0.05) is 29.2 Å². The van der Waals surface area contributed by atoms with E-state index in [4.69, 9.17) is 28.9 Å². The highest BCUT2D eigenvalue weighted by Crippen LogP contribution is 2.33. The lowest BCUT2D eigenvalue weighted by molar-refractivity contribution is -0.0504. The number of nitrogens with two attached hydrogens (primary N) is 1. The van der Waals surface area contributed by atoms with E-state index in [9.17, 15) is 13.6 Å². The Labute approximate surface area is 177 Å². The summed E-state index contributed by atoms with van der Waals surface area (Å²) in [6.45, 7) is -0.110. The number of guanidine groups is 1. The molecular formula is C19H20Cl2F2N4O2. The van der Waals surface area contributed by atoms with Gasteiger partial charge in [-0.05, 0) is 36.8 Å². The normalized spacial score (nSPS) is 11.4. The standard InChI is InChI=1S/C19H20Cl2F2N4O2/c1-2-25-19(26-9-11-3-5-12(6-4-11)17(24)28)27-10-13-7-14(20)8-15(21)16(13)29-18(22)23/h3-8,18H,2,9-10H2,1H3,(H2,24,28)(H2,25,26,27). The fourth-order valence-corrected chi connectivity index (χ4v) is 3.01. The highest BCUT2D eigenvalue weighted by molar-refractivity contribution is 6.35. The lowest BCUT2D eigenvalue weighted by atomic mass is 10.1. The van der Waals surface area contributed by atoms with Gasteiger partial charge in [-0.3, -0.25) is 4.79 Å². The molecule has 0 aromatic heterocycles. The van der Waals surface area contributed by atoms with Crippen molar-refractivity contribution < 1.29 is 18.3 Å². The second-order valence-corrected chi connectivity index (χ2v) is 6.71. The van der Waals surface area contributed by atoms with Crippen molar-refractivity contribution in [3.05, 3.63) is 63.1 Å². The van der Waals surface area contributed by atoms with E-state index >= 15 is 0 Å². The van der Waals surface area contributed by atoms with E-state index in [2.05, 4.69) is 20.4 Å². The van der Waals surface area contributed by atoms with Crippen LogP contribution in [0.15, 0.2) is 41.4 Å². The van der Waals surface area contributed by atoms with Gasteiger partial charge in [0.15, 0.2) is 5.96 Å². The first-order chi connectivity index (χ1) is 13.8. The van der Waals surface area contributed by atoms with Crippen LogP contribution < -0.4 is 21.1 Å². The van der Waals surface area contributed by atoms with Crippen LogP contribution in [0, 0.1) is 0 Å². The molecule has 0 unspecified atom stereocenters. The molecule has 0 aliphatic rings. The topological polar surface area (TPSA) is 88.7 Å². The molecule has 6 nitrogen and oxygen atoms in total. The number of carbonyl (C=O) groups is 1. The molecule has 2 rings (SSSR count). The zero-order valence-electron chi connectivity index (χ0n) is 15.5. The van der Waals surface area contributed by atoms with Crippen LogP contribution in [0.25, 0.3) is 0 Å². The fourth-order valence-electron chi connectivity index (χ4n) is 2.43. The first kappa shape index (κ1) is 22.7. The Balaban J connectivity index is 2.12. The molecule has 2 aromatic rings. The van der Waals surface area contributed by atoms with Gasteiger partial charge in [0.2, 0.25) is 5.91 Å². The molecule has 0 saturated carbocycles. The molecule has 0 radical (unpaired) electrons. The predicted molar refractivity (Wildman–Crippen MR) is 110 cm³/mol. The second-order valence-electron chi connectivity index (χ2n) is 5.86. The summed E-state index contributed by atoms with van der Waals surface area (Å²) >= 11 is 12.0. The van der Waals surface area contributed by atoms with Crippen LogP contribution >= 0.6 is 23.2 Å². The fraction of sp³-hybridized carbons (Fsp3) is 0.263. The quantitative estimate of drug-likeness (QED) is 0.424. The number of halogens is 4. The molecular weight excluding hydrogens is 425 g/mol. The molecule has 0 aliphatic heterocycles. The Morgan fingerprint density at radius 3 is 2.48 bits per heavy atom. The van der Waals surface area contributed by atoms with Crippen molar-refractivity contribution >= 4 is 35.1 Å². The zero-order chi connectivity index (χ0) is 21.4. The minimum Gasteiger partial charge on any atom is -0.433 e. The first-order valence-electron chi connectivity index (χ1n) is 8.63. The zero-order valence-corrected chi connectivity index (χ0v) is 17.0. The van der Waals surface area contributed by atoms with Crippen LogP contribution in [0.2, 0.25) is 10.0 Å². The third kappa shape index (κ3) is 7.07. The van der Waals surface area contributed by atoms with E-state index in [1.807, 2.05) is 6.92 Å². The number of alkyl halides is 2. The number of carbonyl (C=O) groups excluding carboxylic acids is 1. The number of nitrogens with zero attached hydrogens (tertiary/aromatic N) is 1. The summed E-state index contributed by atoms with van der Waals surface area (Å²) in [5.74, 6) is -0.195. The molecule has 0 heterocycles. The monoisotopic (exact) mass is 444 g/mol. The van der Waals surface area contributed by atoms with Gasteiger partial charge < -0.3 is 21.1 Å². The summed E-state index contributed by atoms with van der Waals surface area (Å²) in [7, 11) is 0. The number of rotatable bonds is 8. The molecule has 29 heavy (non-hydrogen) atoms. The lowest BCUT2D eigenvalue weighted by Crippen LogP contribution is -2.37. The number of amides is 1. The van der Waals surface area contributed by atoms with Gasteiger partial charge in [-0.2, -0.15) is 8.78 Å². The smallest absolute Gasteiger partial charge is 0.387 e. The SMILES string of the molecule is CCNC(=NCc1ccc(C(N)=O)cc1)NCc1cc(Cl)cc(Cl)c1OC(F)F. The van der Waals surface area contributed by atoms with Crippen LogP contribution in [0.3, 0.4) is 0 Å². The average molecular weight is 445 g/mol. The number of benzene rings is 2.